The van der Waals surface area contributed by atoms with Gasteiger partial charge in [-0.15, -0.1) is 0 Å². The highest BCUT2D eigenvalue weighted by Crippen LogP contribution is 2.38. The number of aromatic amines is 2. The Bertz CT molecular complexity index is 741. The molecule has 11 heteroatoms. The lowest BCUT2D eigenvalue weighted by Gasteiger charge is -2.19. The number of nitrogens with zero attached hydrogens (tertiary/aromatic N) is 2. The van der Waals surface area contributed by atoms with Crippen LogP contribution in [0.5, 0.6) is 0 Å². The van der Waals surface area contributed by atoms with E-state index in [1.165, 1.54) is 0 Å². The van der Waals surface area contributed by atoms with Gasteiger partial charge in [0.25, 0.3) is 5.56 Å². The van der Waals surface area contributed by atoms with E-state index in [-0.39, 0.29) is 11.2 Å². The maximum Gasteiger partial charge on any atom is 0.453 e. The maximum atomic E-state index is 12.8. The predicted molar refractivity (Wildman–Crippen MR) is 56.6 cm³/mol. The topological polar surface area (TPSA) is 83.5 Å². The SMILES string of the molecule is O=c1[nH]cnc2[nH]c(=O)n(CCC(F)(F)C(F)(F)F)c12. The number of H-pyrrole nitrogens is 2. The number of halogens is 5. The Morgan fingerprint density at radius 2 is 1.85 bits per heavy atom. The van der Waals surface area contributed by atoms with Crippen molar-refractivity contribution in [2.45, 2.75) is 25.1 Å². The van der Waals surface area contributed by atoms with Crippen molar-refractivity contribution in [3.05, 3.63) is 27.2 Å². The predicted octanol–water partition coefficient (Wildman–Crippen LogP) is 1.00. The fourth-order valence-corrected chi connectivity index (χ4v) is 1.61. The van der Waals surface area contributed by atoms with E-state index in [0.29, 0.717) is 4.57 Å². The molecule has 20 heavy (non-hydrogen) atoms. The van der Waals surface area contributed by atoms with Crippen LogP contribution in [-0.2, 0) is 6.54 Å². The highest BCUT2D eigenvalue weighted by molar-refractivity contribution is 5.68. The molecule has 0 fully saturated rings. The standard InChI is InChI=1S/C9H7F5N4O2/c10-8(11,9(12,13)14)1-2-18-4-5(17-7(18)20)15-3-16-6(4)19/h3H,1-2H2,(H2,15,16,17,19,20). The number of alkyl halides is 5. The van der Waals surface area contributed by atoms with Crippen LogP contribution in [-0.4, -0.2) is 31.6 Å². The second kappa shape index (κ2) is 4.42. The molecular formula is C9H7F5N4O2. The summed E-state index contributed by atoms with van der Waals surface area (Å²) >= 11 is 0. The van der Waals surface area contributed by atoms with Crippen LogP contribution in [0.2, 0.25) is 0 Å². The lowest BCUT2D eigenvalue weighted by Crippen LogP contribution is -2.38. The Morgan fingerprint density at radius 1 is 1.20 bits per heavy atom. The molecule has 0 unspecified atom stereocenters. The van der Waals surface area contributed by atoms with Crippen molar-refractivity contribution in [3.8, 4) is 0 Å². The summed E-state index contributed by atoms with van der Waals surface area (Å²) in [6.45, 7) is -0.972. The fraction of sp³-hybridized carbons (Fsp3) is 0.444. The van der Waals surface area contributed by atoms with Gasteiger partial charge in [-0.05, 0) is 0 Å². The normalized spacial score (nSPS) is 13.1. The van der Waals surface area contributed by atoms with Gasteiger partial charge in [0.1, 0.15) is 0 Å². The summed E-state index contributed by atoms with van der Waals surface area (Å²) in [6, 6.07) is 0. The molecule has 2 rings (SSSR count). The second-order valence-electron chi connectivity index (χ2n) is 3.96. The minimum absolute atomic E-state index is 0.186. The summed E-state index contributed by atoms with van der Waals surface area (Å²) < 4.78 is 62.2. The van der Waals surface area contributed by atoms with Crippen molar-refractivity contribution in [2.24, 2.45) is 0 Å². The number of hydrogen-bond donors (Lipinski definition) is 2. The van der Waals surface area contributed by atoms with E-state index in [4.69, 9.17) is 0 Å². The summed E-state index contributed by atoms with van der Waals surface area (Å²) in [6.07, 6.45) is -6.40. The molecule has 0 bridgehead atoms. The van der Waals surface area contributed by atoms with Gasteiger partial charge in [0.05, 0.1) is 6.33 Å². The first kappa shape index (κ1) is 14.2. The zero-order chi connectivity index (χ0) is 15.1. The van der Waals surface area contributed by atoms with Crippen molar-refractivity contribution in [3.63, 3.8) is 0 Å². The van der Waals surface area contributed by atoms with E-state index in [1.54, 1.807) is 0 Å². The first-order chi connectivity index (χ1) is 9.13. The number of aryl methyl sites for hydroxylation is 1. The molecule has 2 heterocycles. The van der Waals surface area contributed by atoms with E-state index in [0.717, 1.165) is 6.33 Å². The lowest BCUT2D eigenvalue weighted by molar-refractivity contribution is -0.285. The van der Waals surface area contributed by atoms with Gasteiger partial charge in [0, 0.05) is 13.0 Å². The van der Waals surface area contributed by atoms with Crippen LogP contribution >= 0.6 is 0 Å². The Hall–Kier alpha value is -2.20. The van der Waals surface area contributed by atoms with Gasteiger partial charge < -0.3 is 4.98 Å². The van der Waals surface area contributed by atoms with E-state index in [9.17, 15) is 31.5 Å². The Labute approximate surface area is 106 Å². The average molecular weight is 298 g/mol. The van der Waals surface area contributed by atoms with Gasteiger partial charge in [-0.1, -0.05) is 0 Å². The summed E-state index contributed by atoms with van der Waals surface area (Å²) in [5.41, 5.74) is -2.37. The molecule has 2 N–H and O–H groups in total. The van der Waals surface area contributed by atoms with Crippen molar-refractivity contribution >= 4 is 11.2 Å². The minimum atomic E-state index is -5.71. The molecule has 0 atom stereocenters. The maximum absolute atomic E-state index is 12.8. The molecule has 0 aliphatic carbocycles. The van der Waals surface area contributed by atoms with Crippen LogP contribution in [0, 0.1) is 0 Å². The summed E-state index contributed by atoms with van der Waals surface area (Å²) in [7, 11) is 0. The Morgan fingerprint density at radius 3 is 2.45 bits per heavy atom. The molecule has 0 aliphatic rings. The van der Waals surface area contributed by atoms with Crippen LogP contribution < -0.4 is 11.2 Å². The average Bonchev–Trinajstić information content (AvgIpc) is 2.62. The van der Waals surface area contributed by atoms with E-state index < -0.39 is 36.3 Å². The molecule has 0 saturated carbocycles. The zero-order valence-electron chi connectivity index (χ0n) is 9.59. The minimum Gasteiger partial charge on any atom is -0.311 e. The number of rotatable bonds is 3. The molecule has 2 aromatic rings. The van der Waals surface area contributed by atoms with Crippen molar-refractivity contribution in [1.82, 2.24) is 19.5 Å². The third kappa shape index (κ3) is 2.30. The van der Waals surface area contributed by atoms with Gasteiger partial charge in [-0.3, -0.25) is 14.3 Å². The van der Waals surface area contributed by atoms with Gasteiger partial charge in [0.15, 0.2) is 11.2 Å². The monoisotopic (exact) mass is 298 g/mol. The lowest BCUT2D eigenvalue weighted by atomic mass is 10.2. The first-order valence-electron chi connectivity index (χ1n) is 5.24. The van der Waals surface area contributed by atoms with Crippen LogP contribution in [0.25, 0.3) is 11.2 Å². The van der Waals surface area contributed by atoms with Crippen LogP contribution in [0.3, 0.4) is 0 Å². The van der Waals surface area contributed by atoms with Crippen LogP contribution in [0.15, 0.2) is 15.9 Å². The number of imidazole rings is 1. The van der Waals surface area contributed by atoms with Gasteiger partial charge in [-0.2, -0.15) is 22.0 Å². The number of aromatic nitrogens is 4. The molecule has 0 aromatic carbocycles. The van der Waals surface area contributed by atoms with E-state index in [2.05, 4.69) is 15.0 Å². The molecule has 0 aliphatic heterocycles. The zero-order valence-corrected chi connectivity index (χ0v) is 9.59. The summed E-state index contributed by atoms with van der Waals surface area (Å²) in [5, 5.41) is 0. The van der Waals surface area contributed by atoms with Gasteiger partial charge in [0.2, 0.25) is 0 Å². The third-order valence-corrected chi connectivity index (χ3v) is 2.63. The number of hydrogen-bond acceptors (Lipinski definition) is 3. The van der Waals surface area contributed by atoms with Crippen LogP contribution in [0.1, 0.15) is 6.42 Å². The molecular weight excluding hydrogens is 291 g/mol. The molecule has 0 spiro atoms. The van der Waals surface area contributed by atoms with Crippen LogP contribution in [0.4, 0.5) is 22.0 Å². The fourth-order valence-electron chi connectivity index (χ4n) is 1.61. The second-order valence-corrected chi connectivity index (χ2v) is 3.96. The highest BCUT2D eigenvalue weighted by Gasteiger charge is 2.56. The van der Waals surface area contributed by atoms with Gasteiger partial charge in [-0.25, -0.2) is 9.78 Å². The molecule has 110 valence electrons. The molecule has 0 radical (unpaired) electrons. The smallest absolute Gasteiger partial charge is 0.311 e. The molecule has 0 saturated heterocycles. The molecule has 0 amide bonds. The largest absolute Gasteiger partial charge is 0.453 e. The first-order valence-corrected chi connectivity index (χ1v) is 5.24. The Balaban J connectivity index is 2.39. The molecule has 6 nitrogen and oxygen atoms in total. The van der Waals surface area contributed by atoms with E-state index >= 15 is 0 Å². The van der Waals surface area contributed by atoms with Crippen molar-refractivity contribution in [2.75, 3.05) is 0 Å². The van der Waals surface area contributed by atoms with E-state index in [1.807, 2.05) is 0 Å². The highest BCUT2D eigenvalue weighted by atomic mass is 19.4. The summed E-state index contributed by atoms with van der Waals surface area (Å²) in [4.78, 5) is 30.7. The number of fused-ring (bicyclic) bond motifs is 1. The van der Waals surface area contributed by atoms with Gasteiger partial charge >= 0.3 is 17.8 Å². The van der Waals surface area contributed by atoms with Crippen molar-refractivity contribution < 1.29 is 22.0 Å². The number of nitrogens with one attached hydrogen (secondary N) is 2. The molecule has 2 aromatic heterocycles. The Kier molecular flexibility index (Phi) is 3.14. The third-order valence-electron chi connectivity index (χ3n) is 2.63. The quantitative estimate of drug-likeness (QED) is 0.829. The van der Waals surface area contributed by atoms with Crippen molar-refractivity contribution in [1.29, 1.82) is 0 Å². The summed E-state index contributed by atoms with van der Waals surface area (Å²) in [5.74, 6) is -4.95.